The topological polar surface area (TPSA) is 29.1 Å². The molecule has 2 aromatic rings. The van der Waals surface area contributed by atoms with Crippen LogP contribution in [-0.2, 0) is 4.79 Å². The summed E-state index contributed by atoms with van der Waals surface area (Å²) in [7, 11) is 0. The molecule has 0 aliphatic carbocycles. The molecule has 1 N–H and O–H groups in total. The highest BCUT2D eigenvalue weighted by atomic mass is 16.1. The highest BCUT2D eigenvalue weighted by Gasteiger charge is 2.02. The van der Waals surface area contributed by atoms with Crippen LogP contribution in [0.25, 0.3) is 10.8 Å². The van der Waals surface area contributed by atoms with Crippen LogP contribution < -0.4 is 5.32 Å². The Morgan fingerprint density at radius 3 is 2.67 bits per heavy atom. The van der Waals surface area contributed by atoms with Crippen LogP contribution in [-0.4, -0.2) is 12.3 Å². The highest BCUT2D eigenvalue weighted by Crippen LogP contribution is 2.23. The Hall–Kier alpha value is -1.83. The fourth-order valence-corrected chi connectivity index (χ4v) is 1.63. The zero-order valence-corrected chi connectivity index (χ0v) is 8.60. The molecule has 0 saturated heterocycles. The number of anilines is 1. The molecule has 0 radical (unpaired) electrons. The van der Waals surface area contributed by atoms with Gasteiger partial charge in [-0.25, -0.2) is 0 Å². The second-order valence-electron chi connectivity index (χ2n) is 3.60. The van der Waals surface area contributed by atoms with Crippen molar-refractivity contribution in [1.82, 2.24) is 0 Å². The van der Waals surface area contributed by atoms with Gasteiger partial charge in [0.2, 0.25) is 0 Å². The van der Waals surface area contributed by atoms with Crippen molar-refractivity contribution in [1.29, 1.82) is 0 Å². The van der Waals surface area contributed by atoms with Gasteiger partial charge < -0.3 is 10.1 Å². The Balaban J connectivity index is 2.46. The Bertz CT molecular complexity index is 473. The number of hydrogen-bond donors (Lipinski definition) is 1. The van der Waals surface area contributed by atoms with Crippen LogP contribution in [0.1, 0.15) is 6.92 Å². The SMILES string of the molecule is C[C@@H](C=O)Nc1cccc2ccccc12. The first-order valence-electron chi connectivity index (χ1n) is 5.01. The molecule has 76 valence electrons. The maximum Gasteiger partial charge on any atom is 0.141 e. The van der Waals surface area contributed by atoms with E-state index in [-0.39, 0.29) is 6.04 Å². The van der Waals surface area contributed by atoms with E-state index in [1.807, 2.05) is 31.2 Å². The number of carbonyl (C=O) groups excluding carboxylic acids is 1. The van der Waals surface area contributed by atoms with Crippen LogP contribution in [0.4, 0.5) is 5.69 Å². The molecule has 0 aromatic heterocycles. The van der Waals surface area contributed by atoms with Crippen molar-refractivity contribution in [2.75, 3.05) is 5.32 Å². The zero-order valence-electron chi connectivity index (χ0n) is 8.60. The van der Waals surface area contributed by atoms with E-state index in [0.29, 0.717) is 0 Å². The molecule has 2 nitrogen and oxygen atoms in total. The van der Waals surface area contributed by atoms with Crippen molar-refractivity contribution in [3.8, 4) is 0 Å². The smallest absolute Gasteiger partial charge is 0.141 e. The van der Waals surface area contributed by atoms with Crippen LogP contribution in [0.3, 0.4) is 0 Å². The van der Waals surface area contributed by atoms with Crippen molar-refractivity contribution in [3.05, 3.63) is 42.5 Å². The van der Waals surface area contributed by atoms with E-state index in [1.165, 1.54) is 5.39 Å². The molecule has 0 aliphatic heterocycles. The quantitative estimate of drug-likeness (QED) is 0.770. The fourth-order valence-electron chi connectivity index (χ4n) is 1.63. The monoisotopic (exact) mass is 199 g/mol. The maximum atomic E-state index is 10.6. The number of aldehydes is 1. The summed E-state index contributed by atoms with van der Waals surface area (Å²) in [4.78, 5) is 10.6. The Morgan fingerprint density at radius 2 is 1.87 bits per heavy atom. The first-order chi connectivity index (χ1) is 7.31. The average Bonchev–Trinajstić information content (AvgIpc) is 2.29. The molecule has 0 unspecified atom stereocenters. The molecule has 15 heavy (non-hydrogen) atoms. The van der Waals surface area contributed by atoms with Gasteiger partial charge in [0, 0.05) is 11.1 Å². The first kappa shape index (κ1) is 9.71. The summed E-state index contributed by atoms with van der Waals surface area (Å²) in [6, 6.07) is 14.0. The minimum absolute atomic E-state index is 0.157. The van der Waals surface area contributed by atoms with Gasteiger partial charge in [-0.05, 0) is 18.4 Å². The number of nitrogens with one attached hydrogen (secondary N) is 1. The summed E-state index contributed by atoms with van der Waals surface area (Å²) in [5.41, 5.74) is 1.01. The van der Waals surface area contributed by atoms with Gasteiger partial charge in [0.15, 0.2) is 0 Å². The van der Waals surface area contributed by atoms with E-state index in [1.54, 1.807) is 0 Å². The van der Waals surface area contributed by atoms with Crippen LogP contribution in [0.2, 0.25) is 0 Å². The van der Waals surface area contributed by atoms with Crippen molar-refractivity contribution in [3.63, 3.8) is 0 Å². The molecule has 0 amide bonds. The summed E-state index contributed by atoms with van der Waals surface area (Å²) < 4.78 is 0. The minimum Gasteiger partial charge on any atom is -0.375 e. The van der Waals surface area contributed by atoms with E-state index in [9.17, 15) is 4.79 Å². The lowest BCUT2D eigenvalue weighted by Crippen LogP contribution is -2.16. The summed E-state index contributed by atoms with van der Waals surface area (Å²) in [5.74, 6) is 0. The van der Waals surface area contributed by atoms with E-state index < -0.39 is 0 Å². The molecule has 2 rings (SSSR count). The molecule has 0 saturated carbocycles. The van der Waals surface area contributed by atoms with Crippen LogP contribution in [0, 0.1) is 0 Å². The van der Waals surface area contributed by atoms with Crippen LogP contribution in [0.15, 0.2) is 42.5 Å². The van der Waals surface area contributed by atoms with E-state index >= 15 is 0 Å². The van der Waals surface area contributed by atoms with E-state index in [2.05, 4.69) is 23.5 Å². The third kappa shape index (κ3) is 1.99. The van der Waals surface area contributed by atoms with Gasteiger partial charge in [-0.3, -0.25) is 0 Å². The predicted molar refractivity (Wildman–Crippen MR) is 63.1 cm³/mol. The largest absolute Gasteiger partial charge is 0.375 e. The third-order valence-electron chi connectivity index (χ3n) is 2.38. The molecule has 0 spiro atoms. The summed E-state index contributed by atoms with van der Waals surface area (Å²) in [6.07, 6.45) is 0.905. The van der Waals surface area contributed by atoms with Gasteiger partial charge in [-0.2, -0.15) is 0 Å². The second-order valence-corrected chi connectivity index (χ2v) is 3.60. The molecular formula is C13H13NO. The number of fused-ring (bicyclic) bond motifs is 1. The van der Waals surface area contributed by atoms with Gasteiger partial charge in [0.05, 0.1) is 6.04 Å². The minimum atomic E-state index is -0.157. The molecule has 0 heterocycles. The number of rotatable bonds is 3. The first-order valence-corrected chi connectivity index (χ1v) is 5.01. The van der Waals surface area contributed by atoms with Crippen LogP contribution in [0.5, 0.6) is 0 Å². The van der Waals surface area contributed by atoms with Crippen molar-refractivity contribution in [2.45, 2.75) is 13.0 Å². The molecule has 0 bridgehead atoms. The average molecular weight is 199 g/mol. The van der Waals surface area contributed by atoms with Gasteiger partial charge >= 0.3 is 0 Å². The number of carbonyl (C=O) groups is 1. The lowest BCUT2D eigenvalue weighted by atomic mass is 10.1. The standard InChI is InChI=1S/C13H13NO/c1-10(9-15)14-13-8-4-6-11-5-2-3-7-12(11)13/h2-10,14H,1H3/t10-/m0/s1. The molecule has 2 heteroatoms. The summed E-state index contributed by atoms with van der Waals surface area (Å²) in [6.45, 7) is 1.84. The summed E-state index contributed by atoms with van der Waals surface area (Å²) >= 11 is 0. The van der Waals surface area contributed by atoms with Crippen molar-refractivity contribution < 1.29 is 4.79 Å². The fraction of sp³-hybridized carbons (Fsp3) is 0.154. The van der Waals surface area contributed by atoms with Gasteiger partial charge in [-0.1, -0.05) is 36.4 Å². The zero-order chi connectivity index (χ0) is 10.7. The van der Waals surface area contributed by atoms with E-state index in [0.717, 1.165) is 17.4 Å². The highest BCUT2D eigenvalue weighted by molar-refractivity contribution is 5.94. The van der Waals surface area contributed by atoms with Gasteiger partial charge in [-0.15, -0.1) is 0 Å². The Labute approximate surface area is 88.9 Å². The van der Waals surface area contributed by atoms with Crippen LogP contribution >= 0.6 is 0 Å². The number of benzene rings is 2. The Morgan fingerprint density at radius 1 is 1.13 bits per heavy atom. The lowest BCUT2D eigenvalue weighted by Gasteiger charge is -2.11. The third-order valence-corrected chi connectivity index (χ3v) is 2.38. The molecule has 0 aliphatic rings. The number of hydrogen-bond acceptors (Lipinski definition) is 2. The van der Waals surface area contributed by atoms with Crippen molar-refractivity contribution >= 4 is 22.7 Å². The van der Waals surface area contributed by atoms with E-state index in [4.69, 9.17) is 0 Å². The molecular weight excluding hydrogens is 186 g/mol. The molecule has 1 atom stereocenters. The normalized spacial score (nSPS) is 12.3. The second kappa shape index (κ2) is 4.13. The van der Waals surface area contributed by atoms with Gasteiger partial charge in [0.25, 0.3) is 0 Å². The van der Waals surface area contributed by atoms with Gasteiger partial charge in [0.1, 0.15) is 6.29 Å². The maximum absolute atomic E-state index is 10.6. The Kier molecular flexibility index (Phi) is 2.68. The molecule has 0 fully saturated rings. The van der Waals surface area contributed by atoms with Crippen molar-refractivity contribution in [2.24, 2.45) is 0 Å². The lowest BCUT2D eigenvalue weighted by molar-refractivity contribution is -0.108. The summed E-state index contributed by atoms with van der Waals surface area (Å²) in [5, 5.41) is 5.49. The predicted octanol–water partition coefficient (Wildman–Crippen LogP) is 2.84. The molecule has 2 aromatic carbocycles.